The van der Waals surface area contributed by atoms with Crippen molar-refractivity contribution in [2.45, 2.75) is 37.8 Å². The summed E-state index contributed by atoms with van der Waals surface area (Å²) in [5.41, 5.74) is 0. The van der Waals surface area contributed by atoms with Gasteiger partial charge in [-0.05, 0) is 37.5 Å². The highest BCUT2D eigenvalue weighted by Gasteiger charge is 2.52. The normalized spacial score (nSPS) is 54.3. The first kappa shape index (κ1) is 6.44. The van der Waals surface area contributed by atoms with E-state index in [1.807, 2.05) is 7.11 Å². The van der Waals surface area contributed by atoms with Crippen LogP contribution in [-0.4, -0.2) is 24.3 Å². The monoisotopic (exact) mass is 153 g/mol. The zero-order valence-electron chi connectivity index (χ0n) is 6.99. The Kier molecular flexibility index (Phi) is 1.16. The van der Waals surface area contributed by atoms with Crippen LogP contribution in [0.25, 0.3) is 0 Å². The SMILES string of the molecule is CON1C2CC3CC(C2)[C@@H]1C3. The van der Waals surface area contributed by atoms with Crippen molar-refractivity contribution in [2.24, 2.45) is 11.8 Å². The van der Waals surface area contributed by atoms with Crippen LogP contribution >= 0.6 is 0 Å². The predicted molar refractivity (Wildman–Crippen MR) is 41.9 cm³/mol. The predicted octanol–water partition coefficient (Wildman–Crippen LogP) is 1.42. The molecule has 4 rings (SSSR count). The van der Waals surface area contributed by atoms with Gasteiger partial charge < -0.3 is 4.84 Å². The van der Waals surface area contributed by atoms with E-state index in [1.54, 1.807) is 0 Å². The second-order valence-corrected chi connectivity index (χ2v) is 4.33. The van der Waals surface area contributed by atoms with Crippen molar-refractivity contribution in [2.75, 3.05) is 7.11 Å². The van der Waals surface area contributed by atoms with Gasteiger partial charge in [0.2, 0.25) is 0 Å². The van der Waals surface area contributed by atoms with E-state index in [4.69, 9.17) is 4.84 Å². The fourth-order valence-corrected chi connectivity index (χ4v) is 3.57. The third-order valence-electron chi connectivity index (χ3n) is 3.83. The van der Waals surface area contributed by atoms with Gasteiger partial charge in [-0.3, -0.25) is 0 Å². The van der Waals surface area contributed by atoms with Gasteiger partial charge in [-0.1, -0.05) is 0 Å². The molecule has 0 N–H and O–H groups in total. The fourth-order valence-electron chi connectivity index (χ4n) is 3.57. The van der Waals surface area contributed by atoms with Gasteiger partial charge >= 0.3 is 0 Å². The lowest BCUT2D eigenvalue weighted by molar-refractivity contribution is -0.183. The summed E-state index contributed by atoms with van der Waals surface area (Å²) < 4.78 is 0. The van der Waals surface area contributed by atoms with E-state index in [0.29, 0.717) is 0 Å². The first-order valence-corrected chi connectivity index (χ1v) is 4.71. The van der Waals surface area contributed by atoms with E-state index in [2.05, 4.69) is 5.06 Å². The highest BCUT2D eigenvalue weighted by molar-refractivity contribution is 5.03. The summed E-state index contributed by atoms with van der Waals surface area (Å²) in [5, 5.41) is 2.27. The summed E-state index contributed by atoms with van der Waals surface area (Å²) >= 11 is 0. The van der Waals surface area contributed by atoms with E-state index in [9.17, 15) is 0 Å². The molecule has 0 amide bonds. The molecule has 4 atom stereocenters. The average molecular weight is 153 g/mol. The summed E-state index contributed by atoms with van der Waals surface area (Å²) in [6.45, 7) is 0. The van der Waals surface area contributed by atoms with Crippen molar-refractivity contribution in [3.05, 3.63) is 0 Å². The molecule has 0 aromatic rings. The van der Waals surface area contributed by atoms with Crippen molar-refractivity contribution >= 4 is 0 Å². The van der Waals surface area contributed by atoms with Gasteiger partial charge in [-0.2, -0.15) is 5.06 Å². The molecule has 0 aromatic heterocycles. The van der Waals surface area contributed by atoms with E-state index in [-0.39, 0.29) is 0 Å². The van der Waals surface area contributed by atoms with Crippen molar-refractivity contribution in [1.82, 2.24) is 5.06 Å². The summed E-state index contributed by atoms with van der Waals surface area (Å²) in [6.07, 6.45) is 5.71. The lowest BCUT2D eigenvalue weighted by Crippen LogP contribution is -2.39. The zero-order chi connectivity index (χ0) is 7.42. The number of nitrogens with zero attached hydrogens (tertiary/aromatic N) is 1. The Morgan fingerprint density at radius 3 is 2.82 bits per heavy atom. The smallest absolute Gasteiger partial charge is 0.0575 e. The summed E-state index contributed by atoms with van der Waals surface area (Å²) in [6, 6.07) is 1.58. The third kappa shape index (κ3) is 0.695. The molecule has 0 radical (unpaired) electrons. The lowest BCUT2D eigenvalue weighted by atomic mass is 9.87. The molecule has 2 saturated carbocycles. The molecule has 62 valence electrons. The minimum atomic E-state index is 0.780. The van der Waals surface area contributed by atoms with E-state index < -0.39 is 0 Å². The minimum Gasteiger partial charge on any atom is -0.302 e. The molecule has 4 bridgehead atoms. The lowest BCUT2D eigenvalue weighted by Gasteiger charge is -2.33. The van der Waals surface area contributed by atoms with Gasteiger partial charge in [0.15, 0.2) is 0 Å². The van der Waals surface area contributed by atoms with E-state index in [1.165, 1.54) is 25.7 Å². The molecule has 2 aliphatic carbocycles. The van der Waals surface area contributed by atoms with Gasteiger partial charge in [0.25, 0.3) is 0 Å². The second-order valence-electron chi connectivity index (χ2n) is 4.33. The van der Waals surface area contributed by atoms with Crippen molar-refractivity contribution < 1.29 is 4.84 Å². The maximum absolute atomic E-state index is 5.41. The Morgan fingerprint density at radius 2 is 2.09 bits per heavy atom. The number of hydrogen-bond acceptors (Lipinski definition) is 2. The molecule has 2 nitrogen and oxygen atoms in total. The van der Waals surface area contributed by atoms with Crippen LogP contribution in [0.15, 0.2) is 0 Å². The molecule has 0 aromatic carbocycles. The van der Waals surface area contributed by atoms with E-state index >= 15 is 0 Å². The molecular weight excluding hydrogens is 138 g/mol. The quantitative estimate of drug-likeness (QED) is 0.565. The number of hydroxylamine groups is 2. The van der Waals surface area contributed by atoms with Gasteiger partial charge in [-0.25, -0.2) is 0 Å². The molecule has 3 unspecified atom stereocenters. The Labute approximate surface area is 67.5 Å². The summed E-state index contributed by atoms with van der Waals surface area (Å²) in [4.78, 5) is 5.41. The van der Waals surface area contributed by atoms with Crippen molar-refractivity contribution in [3.8, 4) is 0 Å². The summed E-state index contributed by atoms with van der Waals surface area (Å²) in [5.74, 6) is 2.04. The third-order valence-corrected chi connectivity index (χ3v) is 3.83. The maximum atomic E-state index is 5.41. The molecule has 2 heteroatoms. The molecule has 4 aliphatic rings. The van der Waals surface area contributed by atoms with Gasteiger partial charge in [0.1, 0.15) is 0 Å². The van der Waals surface area contributed by atoms with Gasteiger partial charge in [0, 0.05) is 12.1 Å². The molecule has 4 fully saturated rings. The number of rotatable bonds is 1. The van der Waals surface area contributed by atoms with Crippen molar-refractivity contribution in [3.63, 3.8) is 0 Å². The van der Waals surface area contributed by atoms with Crippen LogP contribution in [0.3, 0.4) is 0 Å². The van der Waals surface area contributed by atoms with Crippen LogP contribution in [0.1, 0.15) is 25.7 Å². The van der Waals surface area contributed by atoms with Gasteiger partial charge in [-0.15, -0.1) is 0 Å². The Bertz CT molecular complexity index is 178. The van der Waals surface area contributed by atoms with Crippen LogP contribution in [0.2, 0.25) is 0 Å². The Balaban J connectivity index is 1.91. The molecular formula is C9H15NO. The maximum Gasteiger partial charge on any atom is 0.0575 e. The highest BCUT2D eigenvalue weighted by atomic mass is 16.7. The molecule has 2 saturated heterocycles. The summed E-state index contributed by atoms with van der Waals surface area (Å²) in [7, 11) is 1.83. The topological polar surface area (TPSA) is 12.5 Å². The molecule has 2 aliphatic heterocycles. The Morgan fingerprint density at radius 1 is 1.18 bits per heavy atom. The fraction of sp³-hybridized carbons (Fsp3) is 1.00. The number of piperidine rings is 1. The van der Waals surface area contributed by atoms with Crippen molar-refractivity contribution in [1.29, 1.82) is 0 Å². The average Bonchev–Trinajstić information content (AvgIpc) is 2.40. The molecule has 2 heterocycles. The van der Waals surface area contributed by atoms with Crippen LogP contribution < -0.4 is 0 Å². The van der Waals surface area contributed by atoms with Crippen LogP contribution in [-0.2, 0) is 4.84 Å². The van der Waals surface area contributed by atoms with Gasteiger partial charge in [0.05, 0.1) is 7.11 Å². The van der Waals surface area contributed by atoms with Crippen LogP contribution in [0.4, 0.5) is 0 Å². The first-order chi connectivity index (χ1) is 5.38. The van der Waals surface area contributed by atoms with Crippen LogP contribution in [0, 0.1) is 11.8 Å². The van der Waals surface area contributed by atoms with Crippen LogP contribution in [0.5, 0.6) is 0 Å². The Hall–Kier alpha value is -0.0800. The molecule has 0 spiro atoms. The highest BCUT2D eigenvalue weighted by Crippen LogP contribution is 2.52. The number of hydrogen-bond donors (Lipinski definition) is 0. The largest absolute Gasteiger partial charge is 0.302 e. The van der Waals surface area contributed by atoms with E-state index in [0.717, 1.165) is 23.9 Å². The first-order valence-electron chi connectivity index (χ1n) is 4.71. The zero-order valence-corrected chi connectivity index (χ0v) is 6.99. The molecule has 11 heavy (non-hydrogen) atoms. The standard InChI is InChI=1S/C9H15NO/c1-11-10-8-3-6-2-7(5-8)9(10)4-6/h6-9H,2-5H2,1H3/t6?,7?,8?,9-/m0/s1. The second kappa shape index (κ2) is 1.99. The minimum absolute atomic E-state index is 0.780.